The summed E-state index contributed by atoms with van der Waals surface area (Å²) in [5, 5.41) is 23.1. The molecule has 21 heavy (non-hydrogen) atoms. The average Bonchev–Trinajstić information content (AvgIpc) is 2.47. The summed E-state index contributed by atoms with van der Waals surface area (Å²) in [5.41, 5.74) is -0.591. The first-order valence-corrected chi connectivity index (χ1v) is 7.22. The van der Waals surface area contributed by atoms with Crippen LogP contribution in [0.15, 0.2) is 18.2 Å². The van der Waals surface area contributed by atoms with Gasteiger partial charge in [0.15, 0.2) is 0 Å². The molecule has 1 aromatic carbocycles. The zero-order valence-corrected chi connectivity index (χ0v) is 12.2. The van der Waals surface area contributed by atoms with E-state index in [1.807, 2.05) is 0 Å². The van der Waals surface area contributed by atoms with E-state index in [9.17, 15) is 20.0 Å². The van der Waals surface area contributed by atoms with E-state index >= 15 is 0 Å². The number of nitrogens with one attached hydrogen (secondary N) is 1. The van der Waals surface area contributed by atoms with Crippen LogP contribution in [-0.2, 0) is 0 Å². The quantitative estimate of drug-likeness (QED) is 0.660. The minimum atomic E-state index is -0.611. The highest BCUT2D eigenvalue weighted by atomic mass is 35.5. The van der Waals surface area contributed by atoms with Gasteiger partial charge in [-0.2, -0.15) is 0 Å². The van der Waals surface area contributed by atoms with Gasteiger partial charge in [-0.25, -0.2) is 0 Å². The van der Waals surface area contributed by atoms with Crippen molar-refractivity contribution >= 4 is 23.2 Å². The maximum absolute atomic E-state index is 12.3. The van der Waals surface area contributed by atoms with Crippen LogP contribution in [-0.4, -0.2) is 28.1 Å². The Morgan fingerprint density at radius 3 is 2.57 bits per heavy atom. The van der Waals surface area contributed by atoms with Crippen LogP contribution in [0.2, 0.25) is 5.02 Å². The molecule has 114 valence electrons. The second-order valence-electron chi connectivity index (χ2n) is 5.37. The molecule has 0 unspecified atom stereocenters. The molecular formula is C14H17ClN2O4. The maximum Gasteiger partial charge on any atom is 0.270 e. The lowest BCUT2D eigenvalue weighted by Crippen LogP contribution is -2.52. The Hall–Kier alpha value is -1.66. The van der Waals surface area contributed by atoms with Crippen LogP contribution in [0, 0.1) is 10.1 Å². The van der Waals surface area contributed by atoms with E-state index in [-0.39, 0.29) is 22.9 Å². The molecule has 1 fully saturated rings. The fraction of sp³-hybridized carbons (Fsp3) is 0.500. The largest absolute Gasteiger partial charge is 0.394 e. The molecule has 0 saturated heterocycles. The first kappa shape index (κ1) is 15.7. The molecule has 1 amide bonds. The highest BCUT2D eigenvalue weighted by Crippen LogP contribution is 2.29. The smallest absolute Gasteiger partial charge is 0.270 e. The highest BCUT2D eigenvalue weighted by Gasteiger charge is 2.33. The van der Waals surface area contributed by atoms with Crippen LogP contribution in [0.1, 0.15) is 42.5 Å². The number of rotatable bonds is 4. The Morgan fingerprint density at radius 1 is 1.38 bits per heavy atom. The van der Waals surface area contributed by atoms with Crippen molar-refractivity contribution in [3.63, 3.8) is 0 Å². The molecule has 1 aliphatic carbocycles. The summed E-state index contributed by atoms with van der Waals surface area (Å²) >= 11 is 5.95. The molecule has 1 aromatic rings. The molecule has 0 radical (unpaired) electrons. The van der Waals surface area contributed by atoms with Gasteiger partial charge in [0.25, 0.3) is 11.6 Å². The van der Waals surface area contributed by atoms with Crippen molar-refractivity contribution in [3.8, 4) is 0 Å². The van der Waals surface area contributed by atoms with Crippen molar-refractivity contribution in [2.24, 2.45) is 0 Å². The minimum Gasteiger partial charge on any atom is -0.394 e. The molecule has 0 bridgehead atoms. The average molecular weight is 313 g/mol. The number of non-ortho nitro benzene ring substituents is 1. The van der Waals surface area contributed by atoms with E-state index in [0.717, 1.165) is 38.2 Å². The minimum absolute atomic E-state index is 0.0330. The number of nitro benzene ring substituents is 1. The van der Waals surface area contributed by atoms with Gasteiger partial charge in [0, 0.05) is 12.1 Å². The SMILES string of the molecule is O=C(NC1(CO)CCCCC1)c1ccc([N+](=O)[O-])cc1Cl. The molecule has 2 N–H and O–H groups in total. The summed E-state index contributed by atoms with van der Waals surface area (Å²) in [7, 11) is 0. The first-order valence-electron chi connectivity index (χ1n) is 6.85. The standard InChI is InChI=1S/C14H17ClN2O4/c15-12-8-10(17(20)21)4-5-11(12)13(19)16-14(9-18)6-2-1-3-7-14/h4-5,8,18H,1-3,6-7,9H2,(H,16,19). The molecule has 0 spiro atoms. The summed E-state index contributed by atoms with van der Waals surface area (Å²) in [4.78, 5) is 22.4. The monoisotopic (exact) mass is 312 g/mol. The number of hydrogen-bond donors (Lipinski definition) is 2. The maximum atomic E-state index is 12.3. The number of aliphatic hydroxyl groups excluding tert-OH is 1. The zero-order valence-electron chi connectivity index (χ0n) is 11.5. The van der Waals surface area contributed by atoms with Crippen LogP contribution in [0.3, 0.4) is 0 Å². The Balaban J connectivity index is 2.18. The molecule has 1 aliphatic rings. The van der Waals surface area contributed by atoms with Gasteiger partial charge in [-0.1, -0.05) is 30.9 Å². The number of amides is 1. The van der Waals surface area contributed by atoms with Gasteiger partial charge < -0.3 is 10.4 Å². The van der Waals surface area contributed by atoms with Crippen molar-refractivity contribution in [1.29, 1.82) is 0 Å². The highest BCUT2D eigenvalue weighted by molar-refractivity contribution is 6.34. The molecule has 0 aliphatic heterocycles. The number of nitrogens with zero attached hydrogens (tertiary/aromatic N) is 1. The van der Waals surface area contributed by atoms with Crippen molar-refractivity contribution in [2.75, 3.05) is 6.61 Å². The molecule has 0 aromatic heterocycles. The Labute approximate surface area is 127 Å². The van der Waals surface area contributed by atoms with Crippen LogP contribution < -0.4 is 5.32 Å². The summed E-state index contributed by atoms with van der Waals surface area (Å²) < 4.78 is 0. The topological polar surface area (TPSA) is 92.5 Å². The zero-order chi connectivity index (χ0) is 15.5. The fourth-order valence-corrected chi connectivity index (χ4v) is 2.92. The van der Waals surface area contributed by atoms with E-state index in [4.69, 9.17) is 11.6 Å². The lowest BCUT2D eigenvalue weighted by atomic mass is 9.82. The van der Waals surface area contributed by atoms with E-state index < -0.39 is 16.4 Å². The van der Waals surface area contributed by atoms with Crippen LogP contribution in [0.5, 0.6) is 0 Å². The number of nitro groups is 1. The third-order valence-corrected chi connectivity index (χ3v) is 4.21. The van der Waals surface area contributed by atoms with Crippen molar-refractivity contribution in [2.45, 2.75) is 37.6 Å². The second-order valence-corrected chi connectivity index (χ2v) is 5.78. The summed E-state index contributed by atoms with van der Waals surface area (Å²) in [6, 6.07) is 3.74. The Bertz CT molecular complexity index is 556. The predicted octanol–water partition coefficient (Wildman–Crippen LogP) is 2.67. The first-order chi connectivity index (χ1) is 9.97. The number of halogens is 1. The molecule has 0 atom stereocenters. The lowest BCUT2D eigenvalue weighted by Gasteiger charge is -2.36. The lowest BCUT2D eigenvalue weighted by molar-refractivity contribution is -0.384. The van der Waals surface area contributed by atoms with Gasteiger partial charge >= 0.3 is 0 Å². The Kier molecular flexibility index (Phi) is 4.80. The molecule has 0 heterocycles. The van der Waals surface area contributed by atoms with Gasteiger partial charge in [0.1, 0.15) is 0 Å². The predicted molar refractivity (Wildman–Crippen MR) is 78.5 cm³/mol. The van der Waals surface area contributed by atoms with Crippen LogP contribution in [0.4, 0.5) is 5.69 Å². The molecule has 7 heteroatoms. The number of carbonyl (C=O) groups is 1. The summed E-state index contributed by atoms with van der Waals surface area (Å²) in [6.07, 6.45) is 4.44. The second kappa shape index (κ2) is 6.41. The molecule has 1 saturated carbocycles. The van der Waals surface area contributed by atoms with Gasteiger partial charge in [-0.05, 0) is 18.9 Å². The van der Waals surface area contributed by atoms with E-state index in [2.05, 4.69) is 5.32 Å². The number of carbonyl (C=O) groups excluding carboxylic acids is 1. The molecule has 2 rings (SSSR count). The summed E-state index contributed by atoms with van der Waals surface area (Å²) in [5.74, 6) is -0.411. The number of aliphatic hydroxyl groups is 1. The van der Waals surface area contributed by atoms with E-state index in [0.29, 0.717) is 0 Å². The van der Waals surface area contributed by atoms with Crippen molar-refractivity contribution < 1.29 is 14.8 Å². The third kappa shape index (κ3) is 3.51. The van der Waals surface area contributed by atoms with Crippen LogP contribution >= 0.6 is 11.6 Å². The van der Waals surface area contributed by atoms with Crippen molar-refractivity contribution in [3.05, 3.63) is 38.9 Å². The summed E-state index contributed by atoms with van der Waals surface area (Å²) in [6.45, 7) is -0.122. The molecular weight excluding hydrogens is 296 g/mol. The van der Waals surface area contributed by atoms with Crippen LogP contribution in [0.25, 0.3) is 0 Å². The van der Waals surface area contributed by atoms with Gasteiger partial charge in [0.2, 0.25) is 0 Å². The van der Waals surface area contributed by atoms with Gasteiger partial charge in [-0.15, -0.1) is 0 Å². The fourth-order valence-electron chi connectivity index (χ4n) is 2.66. The molecule has 6 nitrogen and oxygen atoms in total. The number of hydrogen-bond acceptors (Lipinski definition) is 4. The Morgan fingerprint density at radius 2 is 2.05 bits per heavy atom. The number of benzene rings is 1. The van der Waals surface area contributed by atoms with Gasteiger partial charge in [0.05, 0.1) is 27.7 Å². The van der Waals surface area contributed by atoms with Gasteiger partial charge in [-0.3, -0.25) is 14.9 Å². The van der Waals surface area contributed by atoms with E-state index in [1.165, 1.54) is 12.1 Å². The van der Waals surface area contributed by atoms with Crippen molar-refractivity contribution in [1.82, 2.24) is 5.32 Å². The third-order valence-electron chi connectivity index (χ3n) is 3.90. The van der Waals surface area contributed by atoms with E-state index in [1.54, 1.807) is 0 Å². The normalized spacial score (nSPS) is 17.2.